The SMILES string of the molecule is Nc1ccc(Br)cc1C(=O)c1cccc(O)c1Cl. The smallest absolute Gasteiger partial charge is 0.196 e. The van der Waals surface area contributed by atoms with Crippen LogP contribution in [0.15, 0.2) is 40.9 Å². The van der Waals surface area contributed by atoms with Crippen LogP contribution in [0.25, 0.3) is 0 Å². The zero-order chi connectivity index (χ0) is 13.3. The molecule has 2 aromatic rings. The van der Waals surface area contributed by atoms with Gasteiger partial charge in [0.05, 0.1) is 5.02 Å². The van der Waals surface area contributed by atoms with E-state index < -0.39 is 0 Å². The number of halogens is 2. The Morgan fingerprint density at radius 1 is 1.22 bits per heavy atom. The number of nitrogen functional groups attached to an aromatic ring is 1. The maximum Gasteiger partial charge on any atom is 0.196 e. The summed E-state index contributed by atoms with van der Waals surface area (Å²) in [6.07, 6.45) is 0. The molecular formula is C13H9BrClNO2. The number of hydrogen-bond donors (Lipinski definition) is 2. The summed E-state index contributed by atoms with van der Waals surface area (Å²) < 4.78 is 0.747. The molecule has 18 heavy (non-hydrogen) atoms. The van der Waals surface area contributed by atoms with E-state index in [0.29, 0.717) is 11.3 Å². The zero-order valence-corrected chi connectivity index (χ0v) is 11.5. The van der Waals surface area contributed by atoms with Crippen molar-refractivity contribution in [2.24, 2.45) is 0 Å². The number of anilines is 1. The Bertz CT molecular complexity index is 624. The standard InChI is InChI=1S/C13H9BrClNO2/c14-7-4-5-10(16)9(6-7)13(18)8-2-1-3-11(17)12(8)15/h1-6,17H,16H2. The normalized spacial score (nSPS) is 10.3. The second kappa shape index (κ2) is 5.00. The topological polar surface area (TPSA) is 63.3 Å². The van der Waals surface area contributed by atoms with Gasteiger partial charge in [-0.3, -0.25) is 4.79 Å². The highest BCUT2D eigenvalue weighted by molar-refractivity contribution is 9.10. The first kappa shape index (κ1) is 12.9. The minimum Gasteiger partial charge on any atom is -0.506 e. The van der Waals surface area contributed by atoms with Crippen LogP contribution < -0.4 is 5.73 Å². The van der Waals surface area contributed by atoms with Gasteiger partial charge in [0.25, 0.3) is 0 Å². The highest BCUT2D eigenvalue weighted by atomic mass is 79.9. The average Bonchev–Trinajstić information content (AvgIpc) is 2.35. The van der Waals surface area contributed by atoms with Crippen molar-refractivity contribution in [3.05, 3.63) is 57.0 Å². The van der Waals surface area contributed by atoms with E-state index in [-0.39, 0.29) is 22.1 Å². The summed E-state index contributed by atoms with van der Waals surface area (Å²) in [7, 11) is 0. The molecule has 2 aromatic carbocycles. The Hall–Kier alpha value is -1.52. The summed E-state index contributed by atoms with van der Waals surface area (Å²) in [5.41, 5.74) is 6.70. The highest BCUT2D eigenvalue weighted by Gasteiger charge is 2.17. The molecule has 0 heterocycles. The lowest BCUT2D eigenvalue weighted by molar-refractivity contribution is 0.103. The number of hydrogen-bond acceptors (Lipinski definition) is 3. The number of phenols is 1. The molecule has 0 saturated carbocycles. The van der Waals surface area contributed by atoms with Gasteiger partial charge < -0.3 is 10.8 Å². The van der Waals surface area contributed by atoms with E-state index in [1.165, 1.54) is 6.07 Å². The van der Waals surface area contributed by atoms with Crippen LogP contribution in [0.3, 0.4) is 0 Å². The minimum atomic E-state index is -0.324. The van der Waals surface area contributed by atoms with E-state index in [0.717, 1.165) is 4.47 Å². The van der Waals surface area contributed by atoms with Crippen molar-refractivity contribution < 1.29 is 9.90 Å². The largest absolute Gasteiger partial charge is 0.506 e. The lowest BCUT2D eigenvalue weighted by atomic mass is 10.0. The van der Waals surface area contributed by atoms with Crippen molar-refractivity contribution in [2.45, 2.75) is 0 Å². The van der Waals surface area contributed by atoms with Crippen LogP contribution in [0.1, 0.15) is 15.9 Å². The molecule has 3 nitrogen and oxygen atoms in total. The third-order valence-electron chi connectivity index (χ3n) is 2.48. The fourth-order valence-corrected chi connectivity index (χ4v) is 2.14. The molecule has 3 N–H and O–H groups in total. The molecule has 0 spiro atoms. The second-order valence-electron chi connectivity index (χ2n) is 3.70. The monoisotopic (exact) mass is 325 g/mol. The third-order valence-corrected chi connectivity index (χ3v) is 3.37. The first-order chi connectivity index (χ1) is 8.50. The Kier molecular flexibility index (Phi) is 3.59. The van der Waals surface area contributed by atoms with Crippen LogP contribution in [-0.2, 0) is 0 Å². The van der Waals surface area contributed by atoms with Crippen molar-refractivity contribution in [1.29, 1.82) is 0 Å². The Morgan fingerprint density at radius 2 is 1.94 bits per heavy atom. The molecule has 0 radical (unpaired) electrons. The van der Waals surface area contributed by atoms with Gasteiger partial charge in [-0.2, -0.15) is 0 Å². The third kappa shape index (κ3) is 2.35. The van der Waals surface area contributed by atoms with Gasteiger partial charge >= 0.3 is 0 Å². The zero-order valence-electron chi connectivity index (χ0n) is 9.15. The van der Waals surface area contributed by atoms with E-state index in [2.05, 4.69) is 15.9 Å². The Balaban J connectivity index is 2.55. The van der Waals surface area contributed by atoms with Crippen LogP contribution >= 0.6 is 27.5 Å². The minimum absolute atomic E-state index is 0.0295. The summed E-state index contributed by atoms with van der Waals surface area (Å²) in [5, 5.41) is 9.52. The molecule has 2 rings (SSSR count). The predicted molar refractivity (Wildman–Crippen MR) is 75.1 cm³/mol. The van der Waals surface area contributed by atoms with Crippen molar-refractivity contribution in [2.75, 3.05) is 5.73 Å². The Labute approximate surface area is 117 Å². The highest BCUT2D eigenvalue weighted by Crippen LogP contribution is 2.30. The van der Waals surface area contributed by atoms with Crippen LogP contribution in [0.5, 0.6) is 5.75 Å². The van der Waals surface area contributed by atoms with E-state index in [9.17, 15) is 9.90 Å². The Morgan fingerprint density at radius 3 is 2.67 bits per heavy atom. The van der Waals surface area contributed by atoms with Gasteiger partial charge in [0.1, 0.15) is 5.75 Å². The molecule has 5 heteroatoms. The predicted octanol–water partition coefficient (Wildman–Crippen LogP) is 3.62. The van der Waals surface area contributed by atoms with Gasteiger partial charge in [0.2, 0.25) is 0 Å². The summed E-state index contributed by atoms with van der Waals surface area (Å²) in [4.78, 5) is 12.3. The van der Waals surface area contributed by atoms with Crippen LogP contribution in [0.2, 0.25) is 5.02 Å². The van der Waals surface area contributed by atoms with E-state index in [1.807, 2.05) is 0 Å². The van der Waals surface area contributed by atoms with Crippen molar-refractivity contribution >= 4 is 39.0 Å². The van der Waals surface area contributed by atoms with E-state index >= 15 is 0 Å². The first-order valence-electron chi connectivity index (χ1n) is 5.08. The summed E-state index contributed by atoms with van der Waals surface area (Å²) >= 11 is 9.19. The van der Waals surface area contributed by atoms with Gasteiger partial charge in [-0.25, -0.2) is 0 Å². The summed E-state index contributed by atoms with van der Waals surface area (Å²) in [6.45, 7) is 0. The number of carbonyl (C=O) groups excluding carboxylic acids is 1. The number of rotatable bonds is 2. The van der Waals surface area contributed by atoms with Gasteiger partial charge in [0, 0.05) is 21.3 Å². The van der Waals surface area contributed by atoms with Crippen molar-refractivity contribution in [3.63, 3.8) is 0 Å². The number of phenolic OH excluding ortho intramolecular Hbond substituents is 1. The van der Waals surface area contributed by atoms with E-state index in [1.54, 1.807) is 30.3 Å². The van der Waals surface area contributed by atoms with Crippen LogP contribution in [0, 0.1) is 0 Å². The maximum absolute atomic E-state index is 12.3. The van der Waals surface area contributed by atoms with Gasteiger partial charge in [0.15, 0.2) is 5.78 Å². The maximum atomic E-state index is 12.3. The lowest BCUT2D eigenvalue weighted by Crippen LogP contribution is -2.06. The number of carbonyl (C=O) groups is 1. The second-order valence-corrected chi connectivity index (χ2v) is 4.99. The average molecular weight is 327 g/mol. The van der Waals surface area contributed by atoms with E-state index in [4.69, 9.17) is 17.3 Å². The molecule has 0 aliphatic rings. The fraction of sp³-hybridized carbons (Fsp3) is 0. The fourth-order valence-electron chi connectivity index (χ4n) is 1.57. The van der Waals surface area contributed by atoms with Gasteiger partial charge in [-0.15, -0.1) is 0 Å². The molecule has 0 fully saturated rings. The lowest BCUT2D eigenvalue weighted by Gasteiger charge is -2.08. The molecule has 92 valence electrons. The quantitative estimate of drug-likeness (QED) is 0.654. The number of nitrogens with two attached hydrogens (primary N) is 1. The first-order valence-corrected chi connectivity index (χ1v) is 6.25. The number of benzene rings is 2. The molecule has 0 bridgehead atoms. The van der Waals surface area contributed by atoms with Gasteiger partial charge in [-0.1, -0.05) is 33.6 Å². The number of aromatic hydroxyl groups is 1. The van der Waals surface area contributed by atoms with Gasteiger partial charge in [-0.05, 0) is 30.3 Å². The summed E-state index contributed by atoms with van der Waals surface area (Å²) in [6, 6.07) is 9.53. The molecule has 0 amide bonds. The molecular weight excluding hydrogens is 318 g/mol. The van der Waals surface area contributed by atoms with Crippen molar-refractivity contribution in [3.8, 4) is 5.75 Å². The molecule has 0 aliphatic heterocycles. The molecule has 0 aromatic heterocycles. The molecule has 0 unspecified atom stereocenters. The summed E-state index contributed by atoms with van der Waals surface area (Å²) in [5.74, 6) is -0.453. The van der Waals surface area contributed by atoms with Crippen LogP contribution in [0.4, 0.5) is 5.69 Å². The molecule has 0 atom stereocenters. The molecule has 0 saturated heterocycles. The van der Waals surface area contributed by atoms with Crippen molar-refractivity contribution in [1.82, 2.24) is 0 Å². The van der Waals surface area contributed by atoms with Crippen LogP contribution in [-0.4, -0.2) is 10.9 Å². The number of ketones is 1. The molecule has 0 aliphatic carbocycles.